The minimum absolute atomic E-state index is 0.125. The van der Waals surface area contributed by atoms with Gasteiger partial charge in [-0.2, -0.15) is 0 Å². The zero-order valence-electron chi connectivity index (χ0n) is 9.83. The highest BCUT2D eigenvalue weighted by Crippen LogP contribution is 2.13. The zero-order chi connectivity index (χ0) is 12.1. The highest BCUT2D eigenvalue weighted by atomic mass is 79.9. The van der Waals surface area contributed by atoms with Crippen molar-refractivity contribution >= 4 is 21.8 Å². The SMILES string of the molecule is CC(C)C(C)CNC(=O)c1ncccc1Br. The number of halogens is 1. The fourth-order valence-electron chi connectivity index (χ4n) is 1.13. The minimum atomic E-state index is -0.125. The topological polar surface area (TPSA) is 42.0 Å². The Morgan fingerprint density at radius 1 is 1.50 bits per heavy atom. The van der Waals surface area contributed by atoms with Crippen molar-refractivity contribution in [3.05, 3.63) is 28.5 Å². The molecule has 3 nitrogen and oxygen atoms in total. The maximum absolute atomic E-state index is 11.8. The Hall–Kier alpha value is -0.900. The van der Waals surface area contributed by atoms with Gasteiger partial charge < -0.3 is 5.32 Å². The molecule has 16 heavy (non-hydrogen) atoms. The van der Waals surface area contributed by atoms with Crippen LogP contribution >= 0.6 is 15.9 Å². The number of rotatable bonds is 4. The van der Waals surface area contributed by atoms with Gasteiger partial charge in [0, 0.05) is 17.2 Å². The van der Waals surface area contributed by atoms with Crippen molar-refractivity contribution in [2.24, 2.45) is 11.8 Å². The molecule has 1 atom stereocenters. The van der Waals surface area contributed by atoms with Gasteiger partial charge in [0.05, 0.1) is 0 Å². The van der Waals surface area contributed by atoms with E-state index in [2.05, 4.69) is 47.0 Å². The van der Waals surface area contributed by atoms with E-state index in [1.54, 1.807) is 12.3 Å². The standard InChI is InChI=1S/C12H17BrN2O/c1-8(2)9(3)7-15-12(16)11-10(13)5-4-6-14-11/h4-6,8-9H,7H2,1-3H3,(H,15,16). The second-order valence-corrected chi connectivity index (χ2v) is 5.12. The van der Waals surface area contributed by atoms with Crippen LogP contribution in [0.4, 0.5) is 0 Å². The van der Waals surface area contributed by atoms with Crippen molar-refractivity contribution in [3.8, 4) is 0 Å². The Balaban J connectivity index is 2.57. The van der Waals surface area contributed by atoms with E-state index in [1.165, 1.54) is 0 Å². The van der Waals surface area contributed by atoms with Crippen LogP contribution < -0.4 is 5.32 Å². The Labute approximate surface area is 105 Å². The summed E-state index contributed by atoms with van der Waals surface area (Å²) in [5.41, 5.74) is 0.443. The van der Waals surface area contributed by atoms with Crippen LogP contribution in [0.5, 0.6) is 0 Å². The number of pyridine rings is 1. The zero-order valence-corrected chi connectivity index (χ0v) is 11.4. The van der Waals surface area contributed by atoms with Gasteiger partial charge in [-0.25, -0.2) is 4.98 Å². The summed E-state index contributed by atoms with van der Waals surface area (Å²) in [5, 5.41) is 2.89. The van der Waals surface area contributed by atoms with Crippen molar-refractivity contribution in [3.63, 3.8) is 0 Å². The summed E-state index contributed by atoms with van der Waals surface area (Å²) in [6.07, 6.45) is 1.62. The molecule has 0 saturated heterocycles. The molecule has 0 bridgehead atoms. The molecule has 1 aromatic rings. The molecular formula is C12H17BrN2O. The molecule has 0 aliphatic heterocycles. The molecule has 1 rings (SSSR count). The molecule has 4 heteroatoms. The van der Waals surface area contributed by atoms with Crippen LogP contribution in [-0.4, -0.2) is 17.4 Å². The second kappa shape index (κ2) is 5.99. The molecule has 1 aromatic heterocycles. The fraction of sp³-hybridized carbons (Fsp3) is 0.500. The van der Waals surface area contributed by atoms with Gasteiger partial charge in [-0.1, -0.05) is 20.8 Å². The van der Waals surface area contributed by atoms with E-state index in [4.69, 9.17) is 0 Å². The molecule has 1 unspecified atom stereocenters. The van der Waals surface area contributed by atoms with Crippen LogP contribution in [0, 0.1) is 11.8 Å². The number of carbonyl (C=O) groups excluding carboxylic acids is 1. The predicted octanol–water partition coefficient (Wildman–Crippen LogP) is 2.87. The largest absolute Gasteiger partial charge is 0.350 e. The van der Waals surface area contributed by atoms with Gasteiger partial charge in [0.2, 0.25) is 0 Å². The first-order valence-electron chi connectivity index (χ1n) is 5.41. The number of nitrogens with one attached hydrogen (secondary N) is 1. The third-order valence-corrected chi connectivity index (χ3v) is 3.34. The van der Waals surface area contributed by atoms with Crippen molar-refractivity contribution in [1.29, 1.82) is 0 Å². The smallest absolute Gasteiger partial charge is 0.271 e. The molecule has 1 heterocycles. The lowest BCUT2D eigenvalue weighted by Crippen LogP contribution is -2.30. The van der Waals surface area contributed by atoms with Crippen LogP contribution in [0.25, 0.3) is 0 Å². The maximum Gasteiger partial charge on any atom is 0.271 e. The van der Waals surface area contributed by atoms with E-state index >= 15 is 0 Å². The monoisotopic (exact) mass is 284 g/mol. The van der Waals surface area contributed by atoms with Gasteiger partial charge in [-0.3, -0.25) is 4.79 Å². The summed E-state index contributed by atoms with van der Waals surface area (Å²) < 4.78 is 0.727. The number of hydrogen-bond donors (Lipinski definition) is 1. The van der Waals surface area contributed by atoms with Crippen molar-refractivity contribution in [2.75, 3.05) is 6.54 Å². The van der Waals surface area contributed by atoms with Crippen LogP contribution in [0.2, 0.25) is 0 Å². The van der Waals surface area contributed by atoms with E-state index in [1.807, 2.05) is 6.07 Å². The van der Waals surface area contributed by atoms with Gasteiger partial charge in [-0.05, 0) is 39.9 Å². The minimum Gasteiger partial charge on any atom is -0.350 e. The van der Waals surface area contributed by atoms with Gasteiger partial charge >= 0.3 is 0 Å². The van der Waals surface area contributed by atoms with E-state index in [-0.39, 0.29) is 5.91 Å². The van der Waals surface area contributed by atoms with Crippen LogP contribution in [0.15, 0.2) is 22.8 Å². The first-order chi connectivity index (χ1) is 7.52. The Bertz CT molecular complexity index is 366. The molecule has 0 aliphatic carbocycles. The second-order valence-electron chi connectivity index (χ2n) is 4.27. The van der Waals surface area contributed by atoms with Crippen LogP contribution in [0.3, 0.4) is 0 Å². The van der Waals surface area contributed by atoms with Crippen LogP contribution in [0.1, 0.15) is 31.3 Å². The summed E-state index contributed by atoms with van der Waals surface area (Å²) in [6, 6.07) is 3.60. The van der Waals surface area contributed by atoms with Gasteiger partial charge in [0.25, 0.3) is 5.91 Å². The normalized spacial score (nSPS) is 12.6. The molecular weight excluding hydrogens is 268 g/mol. The number of amides is 1. The molecule has 0 saturated carbocycles. The lowest BCUT2D eigenvalue weighted by molar-refractivity contribution is 0.0939. The first kappa shape index (κ1) is 13.2. The Kier molecular flexibility index (Phi) is 4.93. The molecule has 1 amide bonds. The highest BCUT2D eigenvalue weighted by Gasteiger charge is 2.13. The summed E-state index contributed by atoms with van der Waals surface area (Å²) in [7, 11) is 0. The summed E-state index contributed by atoms with van der Waals surface area (Å²) in [6.45, 7) is 7.10. The van der Waals surface area contributed by atoms with E-state index in [9.17, 15) is 4.79 Å². The third kappa shape index (κ3) is 3.59. The van der Waals surface area contributed by atoms with Gasteiger partial charge in [-0.15, -0.1) is 0 Å². The van der Waals surface area contributed by atoms with Crippen molar-refractivity contribution in [1.82, 2.24) is 10.3 Å². The van der Waals surface area contributed by atoms with Crippen molar-refractivity contribution < 1.29 is 4.79 Å². The highest BCUT2D eigenvalue weighted by molar-refractivity contribution is 9.10. The number of carbonyl (C=O) groups is 1. The van der Waals surface area contributed by atoms with E-state index in [0.717, 1.165) is 4.47 Å². The Morgan fingerprint density at radius 2 is 2.19 bits per heavy atom. The number of aromatic nitrogens is 1. The molecule has 0 fully saturated rings. The van der Waals surface area contributed by atoms with Gasteiger partial charge in [0.1, 0.15) is 5.69 Å². The molecule has 88 valence electrons. The number of hydrogen-bond acceptors (Lipinski definition) is 2. The first-order valence-corrected chi connectivity index (χ1v) is 6.20. The number of nitrogens with zero attached hydrogens (tertiary/aromatic N) is 1. The average molecular weight is 285 g/mol. The lowest BCUT2D eigenvalue weighted by Gasteiger charge is -2.16. The molecule has 0 spiro atoms. The molecule has 0 radical (unpaired) electrons. The molecule has 0 aromatic carbocycles. The van der Waals surface area contributed by atoms with Crippen LogP contribution in [-0.2, 0) is 0 Å². The quantitative estimate of drug-likeness (QED) is 0.924. The Morgan fingerprint density at radius 3 is 2.75 bits per heavy atom. The lowest BCUT2D eigenvalue weighted by atomic mass is 9.98. The molecule has 0 aliphatic rings. The maximum atomic E-state index is 11.8. The van der Waals surface area contributed by atoms with E-state index in [0.29, 0.717) is 24.1 Å². The fourth-order valence-corrected chi connectivity index (χ4v) is 1.56. The average Bonchev–Trinajstić information content (AvgIpc) is 2.25. The van der Waals surface area contributed by atoms with Gasteiger partial charge in [0.15, 0.2) is 0 Å². The predicted molar refractivity (Wildman–Crippen MR) is 68.3 cm³/mol. The summed E-state index contributed by atoms with van der Waals surface area (Å²) in [5.74, 6) is 0.902. The molecule has 1 N–H and O–H groups in total. The van der Waals surface area contributed by atoms with Crippen molar-refractivity contribution in [2.45, 2.75) is 20.8 Å². The van der Waals surface area contributed by atoms with E-state index < -0.39 is 0 Å². The summed E-state index contributed by atoms with van der Waals surface area (Å²) in [4.78, 5) is 15.8. The summed E-state index contributed by atoms with van der Waals surface area (Å²) >= 11 is 3.31. The third-order valence-electron chi connectivity index (χ3n) is 2.70.